The molecule has 3 aromatic carbocycles. The van der Waals surface area contributed by atoms with Crippen molar-refractivity contribution in [2.45, 2.75) is 6.10 Å². The van der Waals surface area contributed by atoms with Crippen molar-refractivity contribution in [1.82, 2.24) is 9.62 Å². The summed E-state index contributed by atoms with van der Waals surface area (Å²) in [5.74, 6) is 0.566. The average Bonchev–Trinajstić information content (AvgIpc) is 3.17. The van der Waals surface area contributed by atoms with Crippen LogP contribution in [0.5, 0.6) is 11.5 Å². The molecule has 1 unspecified atom stereocenters. The molecule has 0 saturated heterocycles. The summed E-state index contributed by atoms with van der Waals surface area (Å²) in [5.41, 5.74) is 0.475. The third kappa shape index (κ3) is 5.43. The largest absolute Gasteiger partial charge is 0.506 e. The summed E-state index contributed by atoms with van der Waals surface area (Å²) < 4.78 is 35.6. The van der Waals surface area contributed by atoms with Gasteiger partial charge in [-0.05, 0) is 42.0 Å². The van der Waals surface area contributed by atoms with Crippen molar-refractivity contribution in [2.24, 2.45) is 0 Å². The minimum Gasteiger partial charge on any atom is -0.506 e. The zero-order chi connectivity index (χ0) is 24.3. The number of aromatic hydroxyl groups is 1. The molecular weight excluding hydrogens is 474 g/mol. The first-order valence-electron chi connectivity index (χ1n) is 10.7. The summed E-state index contributed by atoms with van der Waals surface area (Å²) in [6.45, 7) is 1.18. The summed E-state index contributed by atoms with van der Waals surface area (Å²) >= 11 is 1.74. The molecule has 0 fully saturated rings. The molecule has 34 heavy (non-hydrogen) atoms. The second kappa shape index (κ2) is 10.2. The highest BCUT2D eigenvalue weighted by atomic mass is 32.2. The van der Waals surface area contributed by atoms with Crippen LogP contribution in [0.15, 0.2) is 60.7 Å². The zero-order valence-corrected chi connectivity index (χ0v) is 20.5. The summed E-state index contributed by atoms with van der Waals surface area (Å²) in [6.07, 6.45) is -0.891. The monoisotopic (exact) mass is 501 g/mol. The number of nitrogens with zero attached hydrogens (tertiary/aromatic N) is 1. The number of fused-ring (bicyclic) bond motifs is 3. The zero-order valence-electron chi connectivity index (χ0n) is 18.9. The van der Waals surface area contributed by atoms with Crippen LogP contribution in [-0.4, -0.2) is 56.7 Å². The Hall–Kier alpha value is -2.89. The molecule has 4 N–H and O–H groups in total. The van der Waals surface area contributed by atoms with Gasteiger partial charge in [-0.1, -0.05) is 24.3 Å². The van der Waals surface area contributed by atoms with Gasteiger partial charge in [-0.15, -0.1) is 11.3 Å². The van der Waals surface area contributed by atoms with E-state index in [1.807, 2.05) is 24.3 Å². The highest BCUT2D eigenvalue weighted by Crippen LogP contribution is 2.35. The first kappa shape index (κ1) is 24.2. The molecule has 0 aliphatic heterocycles. The molecule has 1 heterocycles. The average molecular weight is 502 g/mol. The van der Waals surface area contributed by atoms with Gasteiger partial charge in [0.05, 0.1) is 11.8 Å². The summed E-state index contributed by atoms with van der Waals surface area (Å²) in [6, 6.07) is 18.7. The second-order valence-electron chi connectivity index (χ2n) is 7.99. The fourth-order valence-electron chi connectivity index (χ4n) is 3.47. The van der Waals surface area contributed by atoms with Gasteiger partial charge >= 0.3 is 10.2 Å². The lowest BCUT2D eigenvalue weighted by Gasteiger charge is -2.17. The Morgan fingerprint density at radius 1 is 1.03 bits per heavy atom. The lowest BCUT2D eigenvalue weighted by Crippen LogP contribution is -2.29. The Morgan fingerprint density at radius 3 is 2.59 bits per heavy atom. The van der Waals surface area contributed by atoms with Crippen molar-refractivity contribution < 1.29 is 23.4 Å². The van der Waals surface area contributed by atoms with Crippen molar-refractivity contribution in [3.63, 3.8) is 0 Å². The third-order valence-corrected chi connectivity index (χ3v) is 7.93. The molecule has 1 aromatic heterocycles. The molecule has 0 amide bonds. The van der Waals surface area contributed by atoms with Crippen molar-refractivity contribution in [2.75, 3.05) is 38.5 Å². The molecule has 0 aliphatic carbocycles. The van der Waals surface area contributed by atoms with E-state index in [2.05, 4.69) is 28.2 Å². The first-order valence-corrected chi connectivity index (χ1v) is 13.0. The van der Waals surface area contributed by atoms with Gasteiger partial charge in [0.1, 0.15) is 18.1 Å². The normalized spacial score (nSPS) is 12.9. The minimum absolute atomic E-state index is 0.00483. The number of hydrogen-bond acceptors (Lipinski definition) is 7. The van der Waals surface area contributed by atoms with E-state index in [-0.39, 0.29) is 18.0 Å². The highest BCUT2D eigenvalue weighted by Gasteiger charge is 2.17. The SMILES string of the molecule is CN(C)S(=O)(=O)Nc1cc(C(O)CNCCOc2ccc3c(c2)sc2ccccc23)ccc1O. The number of benzene rings is 3. The number of thiophene rings is 1. The molecule has 4 aromatic rings. The van der Waals surface area contributed by atoms with E-state index < -0.39 is 16.3 Å². The van der Waals surface area contributed by atoms with Crippen LogP contribution < -0.4 is 14.8 Å². The van der Waals surface area contributed by atoms with Crippen LogP contribution in [0.4, 0.5) is 5.69 Å². The van der Waals surface area contributed by atoms with Crippen molar-refractivity contribution in [1.29, 1.82) is 0 Å². The molecule has 0 spiro atoms. The van der Waals surface area contributed by atoms with Crippen molar-refractivity contribution in [3.8, 4) is 11.5 Å². The lowest BCUT2D eigenvalue weighted by atomic mass is 10.1. The smallest absolute Gasteiger partial charge is 0.301 e. The van der Waals surface area contributed by atoms with Gasteiger partial charge in [0.25, 0.3) is 0 Å². The molecule has 1 atom stereocenters. The van der Waals surface area contributed by atoms with Crippen LogP contribution in [0, 0.1) is 0 Å². The fourth-order valence-corrected chi connectivity index (χ4v) is 5.23. The van der Waals surface area contributed by atoms with E-state index in [0.717, 1.165) is 10.1 Å². The molecule has 8 nitrogen and oxygen atoms in total. The number of anilines is 1. The topological polar surface area (TPSA) is 111 Å². The van der Waals surface area contributed by atoms with E-state index >= 15 is 0 Å². The van der Waals surface area contributed by atoms with E-state index in [0.29, 0.717) is 18.7 Å². The summed E-state index contributed by atoms with van der Waals surface area (Å²) in [5, 5.41) is 26.0. The number of ether oxygens (including phenoxy) is 1. The van der Waals surface area contributed by atoms with Crippen LogP contribution in [0.1, 0.15) is 11.7 Å². The van der Waals surface area contributed by atoms with E-state index in [1.165, 1.54) is 46.4 Å². The molecule has 10 heteroatoms. The van der Waals surface area contributed by atoms with Crippen LogP contribution in [-0.2, 0) is 10.2 Å². The van der Waals surface area contributed by atoms with Gasteiger partial charge in [-0.2, -0.15) is 12.7 Å². The number of hydrogen-bond donors (Lipinski definition) is 4. The van der Waals surface area contributed by atoms with Crippen molar-refractivity contribution in [3.05, 3.63) is 66.2 Å². The molecule has 180 valence electrons. The molecule has 0 bridgehead atoms. The number of aliphatic hydroxyl groups excluding tert-OH is 1. The van der Waals surface area contributed by atoms with E-state index in [1.54, 1.807) is 17.4 Å². The molecule has 4 rings (SSSR count). The minimum atomic E-state index is -3.78. The quantitative estimate of drug-likeness (QED) is 0.195. The molecule has 0 saturated carbocycles. The molecule has 0 radical (unpaired) electrons. The Bertz CT molecular complexity index is 1400. The van der Waals surface area contributed by atoms with Crippen LogP contribution in [0.3, 0.4) is 0 Å². The number of nitrogens with one attached hydrogen (secondary N) is 2. The number of phenolic OH excluding ortho intramolecular Hbond substituents is 1. The van der Waals surface area contributed by atoms with Gasteiger partial charge < -0.3 is 20.3 Å². The van der Waals surface area contributed by atoms with Gasteiger partial charge in [-0.25, -0.2) is 0 Å². The fraction of sp³-hybridized carbons (Fsp3) is 0.250. The number of phenols is 1. The second-order valence-corrected chi connectivity index (χ2v) is 11.0. The Morgan fingerprint density at radius 2 is 1.79 bits per heavy atom. The highest BCUT2D eigenvalue weighted by molar-refractivity contribution is 7.90. The maximum atomic E-state index is 12.0. The summed E-state index contributed by atoms with van der Waals surface area (Å²) in [4.78, 5) is 0. The van der Waals surface area contributed by atoms with Gasteiger partial charge in [-0.3, -0.25) is 4.72 Å². The summed E-state index contributed by atoms with van der Waals surface area (Å²) in [7, 11) is -1.02. The Balaban J connectivity index is 1.29. The van der Waals surface area contributed by atoms with Crippen molar-refractivity contribution >= 4 is 47.4 Å². The van der Waals surface area contributed by atoms with Gasteiger partial charge in [0.2, 0.25) is 0 Å². The molecule has 0 aliphatic rings. The Labute approximate surface area is 202 Å². The van der Waals surface area contributed by atoms with E-state index in [4.69, 9.17) is 4.74 Å². The van der Waals surface area contributed by atoms with Gasteiger partial charge in [0.15, 0.2) is 0 Å². The third-order valence-electron chi connectivity index (χ3n) is 5.36. The lowest BCUT2D eigenvalue weighted by molar-refractivity contribution is 0.172. The van der Waals surface area contributed by atoms with Gasteiger partial charge in [0, 0.05) is 47.4 Å². The van der Waals surface area contributed by atoms with E-state index in [9.17, 15) is 18.6 Å². The van der Waals surface area contributed by atoms with Crippen LogP contribution in [0.2, 0.25) is 0 Å². The Kier molecular flexibility index (Phi) is 7.24. The standard InChI is InChI=1S/C24H27N3O5S2/c1-27(2)34(30,31)26-20-13-16(7-10-21(20)28)22(29)15-25-11-12-32-17-8-9-19-18-5-3-4-6-23(18)33-24(19)14-17/h3-10,13-14,22,25-26,28-29H,11-12,15H2,1-2H3. The first-order chi connectivity index (χ1) is 16.2. The van der Waals surface area contributed by atoms with Crippen LogP contribution >= 0.6 is 11.3 Å². The molecular formula is C24H27N3O5S2. The van der Waals surface area contributed by atoms with Crippen LogP contribution in [0.25, 0.3) is 20.2 Å². The number of rotatable bonds is 10. The number of aliphatic hydroxyl groups is 1. The predicted molar refractivity (Wildman–Crippen MR) is 137 cm³/mol. The maximum Gasteiger partial charge on any atom is 0.301 e. The predicted octanol–water partition coefficient (Wildman–Crippen LogP) is 3.68. The maximum absolute atomic E-state index is 12.0.